The van der Waals surface area contributed by atoms with Crippen LogP contribution in [0.1, 0.15) is 5.56 Å². The molecule has 0 aliphatic carbocycles. The number of para-hydroxylation sites is 1. The lowest BCUT2D eigenvalue weighted by molar-refractivity contribution is -0.0394. The van der Waals surface area contributed by atoms with Crippen LogP contribution in [0.15, 0.2) is 59.4 Å². The Balaban J connectivity index is 1.53. The minimum Gasteiger partial charge on any atom is -0.374 e. The number of rotatable bonds is 4. The van der Waals surface area contributed by atoms with Gasteiger partial charge >= 0.3 is 0 Å². The molecule has 0 unspecified atom stereocenters. The lowest BCUT2D eigenvalue weighted by Gasteiger charge is -2.33. The van der Waals surface area contributed by atoms with Gasteiger partial charge < -0.3 is 9.72 Å². The van der Waals surface area contributed by atoms with Crippen molar-refractivity contribution in [2.75, 3.05) is 19.7 Å². The molecule has 0 radical (unpaired) electrons. The Morgan fingerprint density at radius 1 is 1.12 bits per heavy atom. The molecule has 134 valence electrons. The average Bonchev–Trinajstić information content (AvgIpc) is 2.66. The molecular weight excluding hydrogens is 346 g/mol. The standard InChI is InChI=1S/C20H21N3O2S/c24-19-17-8-4-5-9-18(17)21-20(26)23(19)14-16-13-22(10-11-25-16)12-15-6-2-1-3-7-15/h1-9,16H,10-14H2,(H,21,26)/t16-/m0/s1. The fourth-order valence-corrected chi connectivity index (χ4v) is 3.71. The van der Waals surface area contributed by atoms with Crippen LogP contribution < -0.4 is 5.56 Å². The molecule has 26 heavy (non-hydrogen) atoms. The van der Waals surface area contributed by atoms with Crippen molar-refractivity contribution in [1.29, 1.82) is 0 Å². The van der Waals surface area contributed by atoms with E-state index in [1.807, 2.05) is 30.3 Å². The number of fused-ring (bicyclic) bond motifs is 1. The number of hydrogen-bond acceptors (Lipinski definition) is 4. The van der Waals surface area contributed by atoms with E-state index in [0.29, 0.717) is 23.3 Å². The van der Waals surface area contributed by atoms with Gasteiger partial charge in [0.1, 0.15) is 0 Å². The molecular formula is C20H21N3O2S. The number of H-pyrrole nitrogens is 1. The van der Waals surface area contributed by atoms with Crippen molar-refractivity contribution in [3.05, 3.63) is 75.3 Å². The average molecular weight is 367 g/mol. The zero-order valence-corrected chi connectivity index (χ0v) is 15.2. The first kappa shape index (κ1) is 17.1. The highest BCUT2D eigenvalue weighted by Gasteiger charge is 2.22. The second-order valence-electron chi connectivity index (χ2n) is 6.61. The summed E-state index contributed by atoms with van der Waals surface area (Å²) in [5, 5.41) is 0.651. The van der Waals surface area contributed by atoms with Crippen LogP contribution in [0.25, 0.3) is 10.9 Å². The van der Waals surface area contributed by atoms with Gasteiger partial charge in [-0.25, -0.2) is 0 Å². The van der Waals surface area contributed by atoms with Gasteiger partial charge in [-0.1, -0.05) is 42.5 Å². The molecule has 4 rings (SSSR count). The maximum atomic E-state index is 12.8. The van der Waals surface area contributed by atoms with E-state index in [-0.39, 0.29) is 11.7 Å². The van der Waals surface area contributed by atoms with E-state index in [1.165, 1.54) is 5.56 Å². The number of morpholine rings is 1. The number of aromatic amines is 1. The first-order valence-corrected chi connectivity index (χ1v) is 9.21. The van der Waals surface area contributed by atoms with Crippen molar-refractivity contribution >= 4 is 23.1 Å². The summed E-state index contributed by atoms with van der Waals surface area (Å²) in [4.78, 5) is 18.3. The summed E-state index contributed by atoms with van der Waals surface area (Å²) in [5.74, 6) is 0. The molecule has 3 aromatic rings. The molecule has 5 nitrogen and oxygen atoms in total. The predicted molar refractivity (Wildman–Crippen MR) is 105 cm³/mol. The molecule has 1 atom stereocenters. The summed E-state index contributed by atoms with van der Waals surface area (Å²) in [7, 11) is 0. The normalized spacial score (nSPS) is 18.2. The molecule has 1 saturated heterocycles. The zero-order valence-electron chi connectivity index (χ0n) is 14.4. The fraction of sp³-hybridized carbons (Fsp3) is 0.300. The van der Waals surface area contributed by atoms with Crippen LogP contribution in [-0.4, -0.2) is 40.3 Å². The Kier molecular flexibility index (Phi) is 4.97. The minimum atomic E-state index is -0.0619. The topological polar surface area (TPSA) is 50.3 Å². The Hall–Kier alpha value is -2.28. The largest absolute Gasteiger partial charge is 0.374 e. The molecule has 0 bridgehead atoms. The monoisotopic (exact) mass is 367 g/mol. The number of nitrogens with one attached hydrogen (secondary N) is 1. The maximum Gasteiger partial charge on any atom is 0.262 e. The minimum absolute atomic E-state index is 0.0542. The van der Waals surface area contributed by atoms with Crippen LogP contribution in [0.2, 0.25) is 0 Å². The van der Waals surface area contributed by atoms with Crippen LogP contribution >= 0.6 is 12.2 Å². The molecule has 2 aromatic carbocycles. The summed E-state index contributed by atoms with van der Waals surface area (Å²) < 4.78 is 7.97. The van der Waals surface area contributed by atoms with Gasteiger partial charge in [-0.3, -0.25) is 14.3 Å². The SMILES string of the molecule is O=c1c2ccccc2[nH]c(=S)n1C[C@@H]1CN(Cc2ccccc2)CCO1. The van der Waals surface area contributed by atoms with Gasteiger partial charge in [0, 0.05) is 19.6 Å². The first-order valence-electron chi connectivity index (χ1n) is 8.80. The molecule has 2 heterocycles. The maximum absolute atomic E-state index is 12.8. The van der Waals surface area contributed by atoms with Gasteiger partial charge in [0.2, 0.25) is 0 Å². The number of nitrogens with zero attached hydrogens (tertiary/aromatic N) is 2. The summed E-state index contributed by atoms with van der Waals surface area (Å²) in [6.45, 7) is 3.69. The predicted octanol–water partition coefficient (Wildman–Crippen LogP) is 2.96. The molecule has 1 fully saturated rings. The summed E-state index contributed by atoms with van der Waals surface area (Å²) in [5.41, 5.74) is 2.00. The van der Waals surface area contributed by atoms with Crippen LogP contribution in [0.4, 0.5) is 0 Å². The van der Waals surface area contributed by atoms with Gasteiger partial charge in [0.05, 0.1) is 30.2 Å². The van der Waals surface area contributed by atoms with Crippen molar-refractivity contribution in [1.82, 2.24) is 14.5 Å². The van der Waals surface area contributed by atoms with Crippen molar-refractivity contribution in [2.45, 2.75) is 19.2 Å². The molecule has 1 aliphatic rings. The Labute approximate surface area is 156 Å². The van der Waals surface area contributed by atoms with Crippen LogP contribution in [0.5, 0.6) is 0 Å². The van der Waals surface area contributed by atoms with E-state index in [9.17, 15) is 4.79 Å². The summed E-state index contributed by atoms with van der Waals surface area (Å²) >= 11 is 5.41. The van der Waals surface area contributed by atoms with Gasteiger partial charge in [-0.15, -0.1) is 0 Å². The van der Waals surface area contributed by atoms with Crippen molar-refractivity contribution in [3.8, 4) is 0 Å². The third kappa shape index (κ3) is 3.62. The third-order valence-electron chi connectivity index (χ3n) is 4.75. The van der Waals surface area contributed by atoms with Crippen LogP contribution in [0.3, 0.4) is 0 Å². The van der Waals surface area contributed by atoms with Gasteiger partial charge in [0.15, 0.2) is 4.77 Å². The highest BCUT2D eigenvalue weighted by Crippen LogP contribution is 2.13. The Morgan fingerprint density at radius 2 is 1.88 bits per heavy atom. The molecule has 0 amide bonds. The van der Waals surface area contributed by atoms with E-state index in [4.69, 9.17) is 17.0 Å². The van der Waals surface area contributed by atoms with Crippen LogP contribution in [-0.2, 0) is 17.8 Å². The molecule has 0 saturated carbocycles. The van der Waals surface area contributed by atoms with E-state index in [2.05, 4.69) is 34.1 Å². The Bertz CT molecular complexity index is 1010. The Morgan fingerprint density at radius 3 is 2.73 bits per heavy atom. The second-order valence-corrected chi connectivity index (χ2v) is 6.99. The molecule has 1 aromatic heterocycles. The van der Waals surface area contributed by atoms with Crippen molar-refractivity contribution in [2.24, 2.45) is 0 Å². The molecule has 0 spiro atoms. The van der Waals surface area contributed by atoms with E-state index < -0.39 is 0 Å². The quantitative estimate of drug-likeness (QED) is 0.721. The summed E-state index contributed by atoms with van der Waals surface area (Å²) in [6.07, 6.45) is -0.0542. The van der Waals surface area contributed by atoms with Gasteiger partial charge in [0.25, 0.3) is 5.56 Å². The van der Waals surface area contributed by atoms with Crippen molar-refractivity contribution < 1.29 is 4.74 Å². The van der Waals surface area contributed by atoms with Crippen molar-refractivity contribution in [3.63, 3.8) is 0 Å². The van der Waals surface area contributed by atoms with Gasteiger partial charge in [-0.2, -0.15) is 0 Å². The number of aromatic nitrogens is 2. The molecule has 6 heteroatoms. The third-order valence-corrected chi connectivity index (χ3v) is 5.07. The van der Waals surface area contributed by atoms with E-state index >= 15 is 0 Å². The fourth-order valence-electron chi connectivity index (χ4n) is 3.44. The number of ether oxygens (including phenoxy) is 1. The molecule has 1 aliphatic heterocycles. The highest BCUT2D eigenvalue weighted by molar-refractivity contribution is 7.71. The first-order chi connectivity index (χ1) is 12.7. The lowest BCUT2D eigenvalue weighted by atomic mass is 10.2. The number of hydrogen-bond donors (Lipinski definition) is 1. The van der Waals surface area contributed by atoms with E-state index in [0.717, 1.165) is 25.2 Å². The smallest absolute Gasteiger partial charge is 0.262 e. The van der Waals surface area contributed by atoms with Crippen LogP contribution in [0, 0.1) is 4.77 Å². The number of benzene rings is 2. The zero-order chi connectivity index (χ0) is 17.9. The van der Waals surface area contributed by atoms with E-state index in [1.54, 1.807) is 4.57 Å². The summed E-state index contributed by atoms with van der Waals surface area (Å²) in [6, 6.07) is 17.9. The second kappa shape index (κ2) is 7.53. The van der Waals surface area contributed by atoms with Gasteiger partial charge in [-0.05, 0) is 29.9 Å². The highest BCUT2D eigenvalue weighted by atomic mass is 32.1. The molecule has 1 N–H and O–H groups in total. The lowest BCUT2D eigenvalue weighted by Crippen LogP contribution is -2.45.